The number of H-pyrrole nitrogens is 1. The number of carbonyl (C=O) groups is 1. The van der Waals surface area contributed by atoms with Crippen molar-refractivity contribution in [1.29, 1.82) is 0 Å². The molecule has 1 saturated heterocycles. The number of amides is 1. The molecule has 1 aliphatic carbocycles. The van der Waals surface area contributed by atoms with Crippen molar-refractivity contribution in [2.75, 3.05) is 6.61 Å². The van der Waals surface area contributed by atoms with Gasteiger partial charge in [0.05, 0.1) is 6.20 Å². The van der Waals surface area contributed by atoms with Crippen LogP contribution in [0.5, 0.6) is 0 Å². The average molecular weight is 235 g/mol. The summed E-state index contributed by atoms with van der Waals surface area (Å²) in [5.74, 6) is 0.0514. The second-order valence-corrected chi connectivity index (χ2v) is 4.82. The molecule has 92 valence electrons. The lowest BCUT2D eigenvalue weighted by atomic mass is 9.93. The van der Waals surface area contributed by atoms with Gasteiger partial charge in [0.1, 0.15) is 6.10 Å². The number of nitrogens with zero attached hydrogens (tertiary/aromatic N) is 1. The van der Waals surface area contributed by atoms with Crippen LogP contribution in [0.15, 0.2) is 6.20 Å². The van der Waals surface area contributed by atoms with Crippen LogP contribution in [0.1, 0.15) is 30.5 Å². The van der Waals surface area contributed by atoms with E-state index in [1.807, 2.05) is 6.20 Å². The third-order valence-electron chi connectivity index (χ3n) is 3.59. The van der Waals surface area contributed by atoms with Crippen molar-refractivity contribution in [2.24, 2.45) is 0 Å². The number of rotatable bonds is 2. The molecule has 1 amide bonds. The van der Waals surface area contributed by atoms with Crippen molar-refractivity contribution < 1.29 is 9.53 Å². The molecule has 2 unspecified atom stereocenters. The lowest BCUT2D eigenvalue weighted by Crippen LogP contribution is -2.43. The molecule has 0 radical (unpaired) electrons. The number of fused-ring (bicyclic) bond motifs is 1. The summed E-state index contributed by atoms with van der Waals surface area (Å²) in [6.07, 6.45) is 6.34. The van der Waals surface area contributed by atoms with Crippen LogP contribution < -0.4 is 5.32 Å². The highest BCUT2D eigenvalue weighted by Crippen LogP contribution is 2.19. The van der Waals surface area contributed by atoms with Crippen molar-refractivity contribution in [3.8, 4) is 0 Å². The quantitative estimate of drug-likeness (QED) is 0.787. The number of ether oxygens (including phenoxy) is 1. The van der Waals surface area contributed by atoms with Crippen LogP contribution in [0.25, 0.3) is 0 Å². The first-order valence-electron chi connectivity index (χ1n) is 6.26. The monoisotopic (exact) mass is 235 g/mol. The van der Waals surface area contributed by atoms with Gasteiger partial charge < -0.3 is 10.1 Å². The van der Waals surface area contributed by atoms with Crippen LogP contribution in [-0.4, -0.2) is 34.9 Å². The number of aromatic nitrogens is 2. The van der Waals surface area contributed by atoms with Gasteiger partial charge in [0.2, 0.25) is 5.91 Å². The Labute approximate surface area is 99.9 Å². The third-order valence-corrected chi connectivity index (χ3v) is 3.59. The fourth-order valence-electron chi connectivity index (χ4n) is 2.61. The highest BCUT2D eigenvalue weighted by Gasteiger charge is 2.27. The lowest BCUT2D eigenvalue weighted by molar-refractivity contribution is -0.130. The van der Waals surface area contributed by atoms with E-state index in [0.29, 0.717) is 6.61 Å². The summed E-state index contributed by atoms with van der Waals surface area (Å²) in [5.41, 5.74) is 2.45. The number of aromatic amines is 1. The first kappa shape index (κ1) is 10.8. The van der Waals surface area contributed by atoms with Gasteiger partial charge in [0.25, 0.3) is 0 Å². The Morgan fingerprint density at radius 1 is 1.53 bits per heavy atom. The van der Waals surface area contributed by atoms with Crippen molar-refractivity contribution in [3.05, 3.63) is 17.5 Å². The molecule has 1 aliphatic heterocycles. The zero-order chi connectivity index (χ0) is 11.7. The van der Waals surface area contributed by atoms with Crippen LogP contribution in [0, 0.1) is 0 Å². The number of hydrogen-bond acceptors (Lipinski definition) is 3. The zero-order valence-electron chi connectivity index (χ0n) is 9.74. The fourth-order valence-corrected chi connectivity index (χ4v) is 2.61. The minimum absolute atomic E-state index is 0.0514. The molecule has 5 nitrogen and oxygen atoms in total. The predicted octanol–water partition coefficient (Wildman–Crippen LogP) is 0.562. The number of nitrogens with one attached hydrogen (secondary N) is 2. The number of aryl methyl sites for hydroxylation is 1. The zero-order valence-corrected chi connectivity index (χ0v) is 9.74. The van der Waals surface area contributed by atoms with Crippen LogP contribution >= 0.6 is 0 Å². The molecule has 2 heterocycles. The van der Waals surface area contributed by atoms with Gasteiger partial charge in [-0.2, -0.15) is 5.10 Å². The second kappa shape index (κ2) is 4.49. The van der Waals surface area contributed by atoms with Gasteiger partial charge >= 0.3 is 0 Å². The van der Waals surface area contributed by atoms with E-state index in [0.717, 1.165) is 37.8 Å². The van der Waals surface area contributed by atoms with Crippen molar-refractivity contribution in [1.82, 2.24) is 15.5 Å². The molecule has 1 aromatic rings. The molecule has 3 rings (SSSR count). The number of hydrogen-bond donors (Lipinski definition) is 2. The van der Waals surface area contributed by atoms with Crippen molar-refractivity contribution in [2.45, 2.75) is 44.2 Å². The Morgan fingerprint density at radius 2 is 2.47 bits per heavy atom. The van der Waals surface area contributed by atoms with Crippen molar-refractivity contribution >= 4 is 5.91 Å². The highest BCUT2D eigenvalue weighted by molar-refractivity contribution is 5.81. The Kier molecular flexibility index (Phi) is 2.84. The van der Waals surface area contributed by atoms with E-state index in [1.165, 1.54) is 5.56 Å². The van der Waals surface area contributed by atoms with Gasteiger partial charge in [0, 0.05) is 24.8 Å². The molecule has 0 aromatic carbocycles. The van der Waals surface area contributed by atoms with Crippen LogP contribution in [0.2, 0.25) is 0 Å². The predicted molar refractivity (Wildman–Crippen MR) is 61.5 cm³/mol. The fraction of sp³-hybridized carbons (Fsp3) is 0.667. The third kappa shape index (κ3) is 2.20. The standard InChI is InChI=1S/C12H17N3O2/c16-12(11-2-1-5-17-11)14-9-4-3-8-7-13-15-10(8)6-9/h7,9,11H,1-6H2,(H,13,15)(H,14,16). The molecule has 5 heteroatoms. The highest BCUT2D eigenvalue weighted by atomic mass is 16.5. The summed E-state index contributed by atoms with van der Waals surface area (Å²) >= 11 is 0. The summed E-state index contributed by atoms with van der Waals surface area (Å²) in [5, 5.41) is 10.1. The first-order chi connectivity index (χ1) is 8.33. The van der Waals surface area contributed by atoms with E-state index >= 15 is 0 Å². The average Bonchev–Trinajstić information content (AvgIpc) is 2.99. The van der Waals surface area contributed by atoms with Gasteiger partial charge in [-0.3, -0.25) is 9.89 Å². The largest absolute Gasteiger partial charge is 0.368 e. The van der Waals surface area contributed by atoms with Gasteiger partial charge in [-0.05, 0) is 31.2 Å². The smallest absolute Gasteiger partial charge is 0.249 e. The second-order valence-electron chi connectivity index (χ2n) is 4.82. The summed E-state index contributed by atoms with van der Waals surface area (Å²) in [7, 11) is 0. The maximum absolute atomic E-state index is 11.9. The first-order valence-corrected chi connectivity index (χ1v) is 6.26. The molecule has 2 aliphatic rings. The molecule has 1 fully saturated rings. The van der Waals surface area contributed by atoms with Gasteiger partial charge in [-0.1, -0.05) is 0 Å². The molecule has 0 spiro atoms. The summed E-state index contributed by atoms with van der Waals surface area (Å²) < 4.78 is 5.38. The van der Waals surface area contributed by atoms with E-state index in [2.05, 4.69) is 15.5 Å². The van der Waals surface area contributed by atoms with E-state index < -0.39 is 0 Å². The van der Waals surface area contributed by atoms with Gasteiger partial charge in [0.15, 0.2) is 0 Å². The van der Waals surface area contributed by atoms with Gasteiger partial charge in [-0.25, -0.2) is 0 Å². The van der Waals surface area contributed by atoms with Crippen LogP contribution in [0.3, 0.4) is 0 Å². The molecule has 1 aromatic heterocycles. The summed E-state index contributed by atoms with van der Waals surface area (Å²) in [4.78, 5) is 11.9. The van der Waals surface area contributed by atoms with E-state index in [-0.39, 0.29) is 18.1 Å². The minimum Gasteiger partial charge on any atom is -0.368 e. The minimum atomic E-state index is -0.224. The van der Waals surface area contributed by atoms with E-state index in [1.54, 1.807) is 0 Å². The lowest BCUT2D eigenvalue weighted by Gasteiger charge is -2.24. The molecule has 17 heavy (non-hydrogen) atoms. The maximum atomic E-state index is 11.9. The summed E-state index contributed by atoms with van der Waals surface area (Å²) in [6.45, 7) is 0.716. The molecule has 0 saturated carbocycles. The Morgan fingerprint density at radius 3 is 3.29 bits per heavy atom. The molecule has 2 atom stereocenters. The van der Waals surface area contributed by atoms with E-state index in [4.69, 9.17) is 4.74 Å². The molecular weight excluding hydrogens is 218 g/mol. The van der Waals surface area contributed by atoms with Crippen LogP contribution in [0.4, 0.5) is 0 Å². The summed E-state index contributed by atoms with van der Waals surface area (Å²) in [6, 6.07) is 0.222. The molecule has 2 N–H and O–H groups in total. The van der Waals surface area contributed by atoms with E-state index in [9.17, 15) is 4.79 Å². The normalized spacial score (nSPS) is 27.8. The van der Waals surface area contributed by atoms with Crippen LogP contribution in [-0.2, 0) is 22.4 Å². The Hall–Kier alpha value is -1.36. The Balaban J connectivity index is 1.58. The maximum Gasteiger partial charge on any atom is 0.249 e. The van der Waals surface area contributed by atoms with Gasteiger partial charge in [-0.15, -0.1) is 0 Å². The molecular formula is C12H17N3O2. The topological polar surface area (TPSA) is 67.0 Å². The molecule has 0 bridgehead atoms. The van der Waals surface area contributed by atoms with Crippen molar-refractivity contribution in [3.63, 3.8) is 0 Å². The Bertz CT molecular complexity index is 410. The number of carbonyl (C=O) groups excluding carboxylic acids is 1. The SMILES string of the molecule is O=C(NC1CCc2cn[nH]c2C1)C1CCCO1.